The third-order valence-electron chi connectivity index (χ3n) is 4.83. The highest BCUT2D eigenvalue weighted by atomic mass is 35.5. The zero-order chi connectivity index (χ0) is 18.5. The molecule has 1 aliphatic rings. The highest BCUT2D eigenvalue weighted by molar-refractivity contribution is 6.31. The molecule has 1 fully saturated rings. The summed E-state index contributed by atoms with van der Waals surface area (Å²) in [5, 5.41) is 3.65. The van der Waals surface area contributed by atoms with Crippen molar-refractivity contribution in [1.29, 1.82) is 0 Å². The molecule has 1 N–H and O–H groups in total. The average molecular weight is 373 g/mol. The molecule has 0 saturated carbocycles. The Labute approximate surface area is 160 Å². The Morgan fingerprint density at radius 2 is 2.04 bits per heavy atom. The molecule has 0 aliphatic carbocycles. The molecule has 0 aromatic heterocycles. The quantitative estimate of drug-likeness (QED) is 0.790. The third kappa shape index (κ3) is 4.37. The van der Waals surface area contributed by atoms with Gasteiger partial charge in [-0.25, -0.2) is 0 Å². The molecule has 138 valence electrons. The van der Waals surface area contributed by atoms with E-state index in [1.807, 2.05) is 44.2 Å². The molecule has 0 bridgehead atoms. The normalized spacial score (nSPS) is 17.3. The lowest BCUT2D eigenvalue weighted by Crippen LogP contribution is -2.33. The number of carbonyl (C=O) groups excluding carboxylic acids is 1. The van der Waals surface area contributed by atoms with Gasteiger partial charge in [0.1, 0.15) is 5.75 Å². The standard InChI is InChI=1S/C21H25ClN2O2/c1-3-26-17-11-9-16(10-12-17)20-8-5-13-24(20)14-21(25)23-19-7-4-6-18(22)15(19)2/h4,6-7,9-12,20H,3,5,8,13-14H2,1-2H3,(H,23,25). The molecule has 0 radical (unpaired) electrons. The number of hydrogen-bond donors (Lipinski definition) is 1. The summed E-state index contributed by atoms with van der Waals surface area (Å²) in [7, 11) is 0. The van der Waals surface area contributed by atoms with Gasteiger partial charge in [0.05, 0.1) is 13.2 Å². The van der Waals surface area contributed by atoms with Gasteiger partial charge >= 0.3 is 0 Å². The smallest absolute Gasteiger partial charge is 0.238 e. The number of likely N-dealkylation sites (tertiary alicyclic amines) is 1. The zero-order valence-corrected chi connectivity index (χ0v) is 16.1. The van der Waals surface area contributed by atoms with E-state index in [1.165, 1.54) is 5.56 Å². The first-order chi connectivity index (χ1) is 12.6. The molecule has 1 aliphatic heterocycles. The molecule has 1 saturated heterocycles. The van der Waals surface area contributed by atoms with Crippen LogP contribution in [0.15, 0.2) is 42.5 Å². The summed E-state index contributed by atoms with van der Waals surface area (Å²) in [6.07, 6.45) is 2.17. The fraction of sp³-hybridized carbons (Fsp3) is 0.381. The first-order valence-corrected chi connectivity index (χ1v) is 9.48. The van der Waals surface area contributed by atoms with E-state index in [1.54, 1.807) is 0 Å². The number of nitrogens with one attached hydrogen (secondary N) is 1. The minimum Gasteiger partial charge on any atom is -0.494 e. The van der Waals surface area contributed by atoms with Crippen molar-refractivity contribution in [1.82, 2.24) is 4.90 Å². The van der Waals surface area contributed by atoms with E-state index in [-0.39, 0.29) is 11.9 Å². The second-order valence-corrected chi connectivity index (χ2v) is 7.00. The van der Waals surface area contributed by atoms with Crippen LogP contribution in [-0.4, -0.2) is 30.5 Å². The van der Waals surface area contributed by atoms with E-state index in [4.69, 9.17) is 16.3 Å². The van der Waals surface area contributed by atoms with Gasteiger partial charge in [0, 0.05) is 16.8 Å². The Morgan fingerprint density at radius 1 is 1.27 bits per heavy atom. The Kier molecular flexibility index (Phi) is 6.17. The Morgan fingerprint density at radius 3 is 2.77 bits per heavy atom. The SMILES string of the molecule is CCOc1ccc(C2CCCN2CC(=O)Nc2cccc(Cl)c2C)cc1. The van der Waals surface area contributed by atoms with Gasteiger partial charge in [0.15, 0.2) is 0 Å². The predicted molar refractivity (Wildman–Crippen MR) is 106 cm³/mol. The molecule has 0 spiro atoms. The number of ether oxygens (including phenoxy) is 1. The summed E-state index contributed by atoms with van der Waals surface area (Å²) < 4.78 is 5.51. The van der Waals surface area contributed by atoms with E-state index in [0.717, 1.165) is 36.4 Å². The minimum absolute atomic E-state index is 0.00629. The number of nitrogens with zero attached hydrogens (tertiary/aromatic N) is 1. The molecule has 1 unspecified atom stereocenters. The first-order valence-electron chi connectivity index (χ1n) is 9.10. The highest BCUT2D eigenvalue weighted by Crippen LogP contribution is 2.32. The van der Waals surface area contributed by atoms with Gasteiger partial charge in [-0.05, 0) is 68.6 Å². The predicted octanol–water partition coefficient (Wildman–Crippen LogP) is 4.82. The van der Waals surface area contributed by atoms with Crippen LogP contribution in [0, 0.1) is 6.92 Å². The van der Waals surface area contributed by atoms with Gasteiger partial charge in [-0.2, -0.15) is 0 Å². The number of rotatable bonds is 6. The van der Waals surface area contributed by atoms with E-state index in [2.05, 4.69) is 22.3 Å². The molecule has 2 aromatic carbocycles. The van der Waals surface area contributed by atoms with Crippen molar-refractivity contribution >= 4 is 23.2 Å². The highest BCUT2D eigenvalue weighted by Gasteiger charge is 2.27. The summed E-state index contributed by atoms with van der Waals surface area (Å²) in [6, 6.07) is 14.1. The monoisotopic (exact) mass is 372 g/mol. The molecule has 3 rings (SSSR count). The van der Waals surface area contributed by atoms with Crippen LogP contribution in [0.2, 0.25) is 5.02 Å². The number of carbonyl (C=O) groups is 1. The largest absolute Gasteiger partial charge is 0.494 e. The fourth-order valence-corrected chi connectivity index (χ4v) is 3.64. The van der Waals surface area contributed by atoms with Crippen LogP contribution < -0.4 is 10.1 Å². The Balaban J connectivity index is 1.64. The molecule has 26 heavy (non-hydrogen) atoms. The topological polar surface area (TPSA) is 41.6 Å². The van der Waals surface area contributed by atoms with Crippen LogP contribution >= 0.6 is 11.6 Å². The first kappa shape index (κ1) is 18.7. The molecule has 4 nitrogen and oxygen atoms in total. The maximum absolute atomic E-state index is 12.5. The van der Waals surface area contributed by atoms with E-state index in [0.29, 0.717) is 18.2 Å². The van der Waals surface area contributed by atoms with E-state index < -0.39 is 0 Å². The lowest BCUT2D eigenvalue weighted by molar-refractivity contribution is -0.117. The van der Waals surface area contributed by atoms with Crippen molar-refractivity contribution in [3.8, 4) is 5.75 Å². The number of halogens is 1. The molecule has 1 heterocycles. The van der Waals surface area contributed by atoms with Crippen molar-refractivity contribution in [2.45, 2.75) is 32.7 Å². The van der Waals surface area contributed by atoms with Crippen LogP contribution in [-0.2, 0) is 4.79 Å². The summed E-state index contributed by atoms with van der Waals surface area (Å²) >= 11 is 6.13. The molecule has 2 aromatic rings. The molecule has 1 atom stereocenters. The number of anilines is 1. The maximum Gasteiger partial charge on any atom is 0.238 e. The Hall–Kier alpha value is -2.04. The lowest BCUT2D eigenvalue weighted by Gasteiger charge is -2.24. The lowest BCUT2D eigenvalue weighted by atomic mass is 10.0. The summed E-state index contributed by atoms with van der Waals surface area (Å²) in [5.41, 5.74) is 2.91. The van der Waals surface area contributed by atoms with Gasteiger partial charge in [0.2, 0.25) is 5.91 Å². The molecular formula is C21H25ClN2O2. The maximum atomic E-state index is 12.5. The summed E-state index contributed by atoms with van der Waals surface area (Å²) in [5.74, 6) is 0.878. The minimum atomic E-state index is -0.00629. The Bertz CT molecular complexity index is 761. The van der Waals surface area contributed by atoms with Crippen molar-refractivity contribution in [3.63, 3.8) is 0 Å². The van der Waals surface area contributed by atoms with Crippen molar-refractivity contribution < 1.29 is 9.53 Å². The van der Waals surface area contributed by atoms with Crippen LogP contribution in [0.4, 0.5) is 5.69 Å². The van der Waals surface area contributed by atoms with Crippen LogP contribution in [0.3, 0.4) is 0 Å². The summed E-state index contributed by atoms with van der Waals surface area (Å²) in [4.78, 5) is 14.8. The third-order valence-corrected chi connectivity index (χ3v) is 5.24. The molecule has 1 amide bonds. The van der Waals surface area contributed by atoms with Gasteiger partial charge in [-0.15, -0.1) is 0 Å². The number of amides is 1. The van der Waals surface area contributed by atoms with E-state index in [9.17, 15) is 4.79 Å². The molecular weight excluding hydrogens is 348 g/mol. The second-order valence-electron chi connectivity index (χ2n) is 6.59. The van der Waals surface area contributed by atoms with Crippen molar-refractivity contribution in [2.24, 2.45) is 0 Å². The van der Waals surface area contributed by atoms with Crippen LogP contribution in [0.5, 0.6) is 5.75 Å². The fourth-order valence-electron chi connectivity index (χ4n) is 3.46. The van der Waals surface area contributed by atoms with Crippen molar-refractivity contribution in [3.05, 3.63) is 58.6 Å². The zero-order valence-electron chi connectivity index (χ0n) is 15.3. The summed E-state index contributed by atoms with van der Waals surface area (Å²) in [6.45, 7) is 5.87. The van der Waals surface area contributed by atoms with Crippen molar-refractivity contribution in [2.75, 3.05) is 25.0 Å². The number of benzene rings is 2. The average Bonchev–Trinajstić information content (AvgIpc) is 3.08. The van der Waals surface area contributed by atoms with Crippen LogP contribution in [0.1, 0.15) is 36.9 Å². The van der Waals surface area contributed by atoms with Crippen LogP contribution in [0.25, 0.3) is 0 Å². The second kappa shape index (κ2) is 8.56. The van der Waals surface area contributed by atoms with Gasteiger partial charge in [0.25, 0.3) is 0 Å². The van der Waals surface area contributed by atoms with Gasteiger partial charge < -0.3 is 10.1 Å². The van der Waals surface area contributed by atoms with Gasteiger partial charge in [-0.3, -0.25) is 9.69 Å². The van der Waals surface area contributed by atoms with Gasteiger partial charge in [-0.1, -0.05) is 29.8 Å². The van der Waals surface area contributed by atoms with E-state index >= 15 is 0 Å². The number of hydrogen-bond acceptors (Lipinski definition) is 3. The molecule has 5 heteroatoms.